The quantitative estimate of drug-likeness (QED) is 0.326. The molecule has 4 rings (SSSR count). The first-order valence-electron chi connectivity index (χ1n) is 11.2. The number of anilines is 1. The summed E-state index contributed by atoms with van der Waals surface area (Å²) in [5, 5.41) is 3.94. The summed E-state index contributed by atoms with van der Waals surface area (Å²) in [4.78, 5) is 33.8. The minimum absolute atomic E-state index is 0.0321. The lowest BCUT2D eigenvalue weighted by atomic mass is 10.1. The summed E-state index contributed by atoms with van der Waals surface area (Å²) in [7, 11) is 3.06. The van der Waals surface area contributed by atoms with Crippen molar-refractivity contribution in [2.24, 2.45) is 4.99 Å². The Hall–Kier alpha value is -4.37. The number of methoxy groups -OCH3 is 2. The fourth-order valence-electron chi connectivity index (χ4n) is 3.55. The van der Waals surface area contributed by atoms with E-state index in [-0.39, 0.29) is 17.7 Å². The van der Waals surface area contributed by atoms with Crippen molar-refractivity contribution in [3.05, 3.63) is 82.1 Å². The van der Waals surface area contributed by atoms with E-state index < -0.39 is 11.9 Å². The molecule has 0 unspecified atom stereocenters. The van der Waals surface area contributed by atoms with Crippen LogP contribution in [0.3, 0.4) is 0 Å². The summed E-state index contributed by atoms with van der Waals surface area (Å²) in [5.41, 5.74) is 2.70. The van der Waals surface area contributed by atoms with E-state index in [1.165, 1.54) is 14.0 Å². The number of esters is 1. The van der Waals surface area contributed by atoms with Gasteiger partial charge in [-0.05, 0) is 49.4 Å². The zero-order chi connectivity index (χ0) is 26.5. The number of benzene rings is 2. The molecule has 190 valence electrons. The zero-order valence-corrected chi connectivity index (χ0v) is 21.4. The van der Waals surface area contributed by atoms with Gasteiger partial charge in [-0.2, -0.15) is 0 Å². The minimum Gasteiger partial charge on any atom is -0.497 e. The molecule has 2 aromatic heterocycles. The fraction of sp³-hybridized carbons (Fsp3) is 0.185. The van der Waals surface area contributed by atoms with Gasteiger partial charge in [-0.3, -0.25) is 14.6 Å². The molecule has 2 heterocycles. The van der Waals surface area contributed by atoms with Gasteiger partial charge in [0.1, 0.15) is 29.4 Å². The van der Waals surface area contributed by atoms with Crippen LogP contribution in [0.15, 0.2) is 64.1 Å². The molecule has 0 bridgehead atoms. The number of aryl methyl sites for hydroxylation is 1. The maximum absolute atomic E-state index is 13.5. The third-order valence-corrected chi connectivity index (χ3v) is 5.69. The minimum atomic E-state index is -0.466. The van der Waals surface area contributed by atoms with Crippen LogP contribution in [0.1, 0.15) is 28.5 Å². The number of rotatable bonds is 7. The number of pyridine rings is 1. The highest BCUT2D eigenvalue weighted by atomic mass is 35.5. The van der Waals surface area contributed by atoms with E-state index in [0.717, 1.165) is 0 Å². The molecule has 0 saturated carbocycles. The number of halogens is 1. The highest BCUT2D eigenvalue weighted by Crippen LogP contribution is 2.31. The number of carbonyl (C=O) groups excluding carboxylic acids is 2. The first-order valence-corrected chi connectivity index (χ1v) is 11.6. The molecule has 1 N–H and O–H groups in total. The van der Waals surface area contributed by atoms with Gasteiger partial charge in [0.2, 0.25) is 5.55 Å². The molecule has 0 saturated heterocycles. The molecule has 2 aromatic carbocycles. The van der Waals surface area contributed by atoms with Crippen molar-refractivity contribution >= 4 is 45.8 Å². The van der Waals surface area contributed by atoms with Crippen molar-refractivity contribution in [3.63, 3.8) is 0 Å². The van der Waals surface area contributed by atoms with Crippen LogP contribution < -0.4 is 20.3 Å². The monoisotopic (exact) mass is 521 g/mol. The van der Waals surface area contributed by atoms with Crippen LogP contribution in [0.25, 0.3) is 11.0 Å². The van der Waals surface area contributed by atoms with Gasteiger partial charge in [0, 0.05) is 40.8 Å². The highest BCUT2D eigenvalue weighted by Gasteiger charge is 2.18. The number of aromatic nitrogens is 1. The third kappa shape index (κ3) is 5.90. The molecule has 0 atom stereocenters. The Bertz CT molecular complexity index is 1550. The molecule has 9 nitrogen and oxygen atoms in total. The Kier molecular flexibility index (Phi) is 7.74. The summed E-state index contributed by atoms with van der Waals surface area (Å²) in [6, 6.07) is 13.4. The third-order valence-electron chi connectivity index (χ3n) is 5.44. The van der Waals surface area contributed by atoms with Gasteiger partial charge < -0.3 is 23.9 Å². The van der Waals surface area contributed by atoms with Gasteiger partial charge in [-0.1, -0.05) is 11.6 Å². The summed E-state index contributed by atoms with van der Waals surface area (Å²) >= 11 is 5.98. The van der Waals surface area contributed by atoms with E-state index in [9.17, 15) is 9.59 Å². The van der Waals surface area contributed by atoms with Crippen LogP contribution in [-0.4, -0.2) is 31.1 Å². The molecule has 0 aliphatic rings. The molecule has 0 spiro atoms. The molecular formula is C27H24ClN3O6. The lowest BCUT2D eigenvalue weighted by Gasteiger charge is -2.12. The Morgan fingerprint density at radius 3 is 2.51 bits per heavy atom. The second-order valence-electron chi connectivity index (χ2n) is 7.97. The second kappa shape index (κ2) is 11.1. The van der Waals surface area contributed by atoms with Gasteiger partial charge >= 0.3 is 5.97 Å². The summed E-state index contributed by atoms with van der Waals surface area (Å²) < 4.78 is 22.1. The predicted octanol–water partition coefficient (Wildman–Crippen LogP) is 5.35. The van der Waals surface area contributed by atoms with Crippen LogP contribution >= 0.6 is 11.6 Å². The average molecular weight is 522 g/mol. The number of nitrogens with one attached hydrogen (secondary N) is 1. The molecule has 4 aromatic rings. The summed E-state index contributed by atoms with van der Waals surface area (Å²) in [6.45, 7) is 3.06. The number of nitrogens with zero attached hydrogens (tertiary/aromatic N) is 2. The maximum Gasteiger partial charge on any atom is 0.302 e. The summed E-state index contributed by atoms with van der Waals surface area (Å²) in [6.07, 6.45) is 1.58. The van der Waals surface area contributed by atoms with E-state index in [2.05, 4.69) is 15.3 Å². The second-order valence-corrected chi connectivity index (χ2v) is 8.40. The van der Waals surface area contributed by atoms with Crippen LogP contribution in [0.2, 0.25) is 5.02 Å². The first kappa shape index (κ1) is 25.7. The van der Waals surface area contributed by atoms with Gasteiger partial charge in [-0.15, -0.1) is 0 Å². The molecule has 37 heavy (non-hydrogen) atoms. The van der Waals surface area contributed by atoms with E-state index in [1.54, 1.807) is 68.8 Å². The number of ether oxygens (including phenoxy) is 3. The van der Waals surface area contributed by atoms with Crippen molar-refractivity contribution in [2.75, 3.05) is 19.5 Å². The number of fused-ring (bicyclic) bond motifs is 1. The van der Waals surface area contributed by atoms with Crippen molar-refractivity contribution in [3.8, 4) is 11.5 Å². The fourth-order valence-corrected chi connectivity index (χ4v) is 3.67. The molecule has 10 heteroatoms. The van der Waals surface area contributed by atoms with Gasteiger partial charge in [0.15, 0.2) is 5.58 Å². The summed E-state index contributed by atoms with van der Waals surface area (Å²) in [5.74, 6) is 0.107. The number of hydrogen-bond acceptors (Lipinski definition) is 8. The zero-order valence-electron chi connectivity index (χ0n) is 20.6. The maximum atomic E-state index is 13.5. The van der Waals surface area contributed by atoms with Crippen LogP contribution in [-0.2, 0) is 16.1 Å². The van der Waals surface area contributed by atoms with Crippen molar-refractivity contribution in [1.82, 2.24) is 4.98 Å². The standard InChI is InChI=1S/C27H24ClN3O6/c1-15-25-21(17(13-29-15)14-36-16(2)32)12-22(26(33)30-19-7-5-18(28)6-8-19)27(37-25)31-23-10-9-20(34-3)11-24(23)35-4/h5-13H,14H2,1-4H3,(H,30,33). The van der Waals surface area contributed by atoms with Crippen LogP contribution in [0, 0.1) is 6.92 Å². The van der Waals surface area contributed by atoms with Gasteiger partial charge in [-0.25, -0.2) is 4.99 Å². The molecule has 1 amide bonds. The van der Waals surface area contributed by atoms with E-state index in [0.29, 0.717) is 50.1 Å². The number of carbonyl (C=O) groups is 2. The van der Waals surface area contributed by atoms with Crippen LogP contribution in [0.4, 0.5) is 11.4 Å². The number of hydrogen-bond donors (Lipinski definition) is 1. The predicted molar refractivity (Wildman–Crippen MR) is 138 cm³/mol. The SMILES string of the molecule is COc1ccc(N=c2oc3c(C)ncc(COC(C)=O)c3cc2C(=O)Nc2ccc(Cl)cc2)c(OC)c1. The topological polar surface area (TPSA) is 112 Å². The Morgan fingerprint density at radius 1 is 1.08 bits per heavy atom. The van der Waals surface area contributed by atoms with Crippen molar-refractivity contribution < 1.29 is 28.2 Å². The van der Waals surface area contributed by atoms with E-state index in [4.69, 9.17) is 30.2 Å². The van der Waals surface area contributed by atoms with E-state index in [1.807, 2.05) is 0 Å². The Labute approximate surface area is 217 Å². The first-order chi connectivity index (χ1) is 17.8. The van der Waals surface area contributed by atoms with Gasteiger partial charge in [0.25, 0.3) is 5.91 Å². The van der Waals surface area contributed by atoms with E-state index >= 15 is 0 Å². The van der Waals surface area contributed by atoms with Crippen molar-refractivity contribution in [1.29, 1.82) is 0 Å². The number of amides is 1. The lowest BCUT2D eigenvalue weighted by Crippen LogP contribution is -2.22. The lowest BCUT2D eigenvalue weighted by molar-refractivity contribution is -0.142. The molecule has 0 fully saturated rings. The molecule has 0 aliphatic carbocycles. The molecular weight excluding hydrogens is 498 g/mol. The van der Waals surface area contributed by atoms with Crippen molar-refractivity contribution in [2.45, 2.75) is 20.5 Å². The molecule has 0 radical (unpaired) electrons. The smallest absolute Gasteiger partial charge is 0.302 e. The van der Waals surface area contributed by atoms with Crippen LogP contribution in [0.5, 0.6) is 11.5 Å². The molecule has 0 aliphatic heterocycles. The largest absolute Gasteiger partial charge is 0.497 e. The normalized spacial score (nSPS) is 11.3. The Morgan fingerprint density at radius 2 is 1.84 bits per heavy atom. The average Bonchev–Trinajstić information content (AvgIpc) is 2.89. The Balaban J connectivity index is 1.93. The highest BCUT2D eigenvalue weighted by molar-refractivity contribution is 6.30. The van der Waals surface area contributed by atoms with Gasteiger partial charge in [0.05, 0.1) is 19.9 Å².